The maximum absolute atomic E-state index is 11.4. The zero-order valence-corrected chi connectivity index (χ0v) is 8.27. The van der Waals surface area contributed by atoms with Crippen molar-refractivity contribution < 1.29 is 4.79 Å². The SMILES string of the molecule is CC(C)(CN)NC(=O)Cn1cnnn1. The van der Waals surface area contributed by atoms with Gasteiger partial charge < -0.3 is 11.1 Å². The van der Waals surface area contributed by atoms with Gasteiger partial charge in [-0.15, -0.1) is 5.10 Å². The van der Waals surface area contributed by atoms with E-state index in [-0.39, 0.29) is 12.5 Å². The standard InChI is InChI=1S/C7H14N6O/c1-7(2,4-8)10-6(14)3-13-5-9-11-12-13/h5H,3-4,8H2,1-2H3,(H,10,14). The third-order valence-corrected chi connectivity index (χ3v) is 1.69. The summed E-state index contributed by atoms with van der Waals surface area (Å²) in [5, 5.41) is 13.2. The summed E-state index contributed by atoms with van der Waals surface area (Å²) in [6.45, 7) is 4.19. The minimum absolute atomic E-state index is 0.108. The van der Waals surface area contributed by atoms with E-state index in [9.17, 15) is 4.79 Å². The van der Waals surface area contributed by atoms with Crippen molar-refractivity contribution in [2.24, 2.45) is 5.73 Å². The topological polar surface area (TPSA) is 98.7 Å². The maximum atomic E-state index is 11.4. The number of carbonyl (C=O) groups is 1. The van der Waals surface area contributed by atoms with Crippen LogP contribution in [-0.2, 0) is 11.3 Å². The molecule has 14 heavy (non-hydrogen) atoms. The summed E-state index contributed by atoms with van der Waals surface area (Å²) in [6.07, 6.45) is 1.38. The smallest absolute Gasteiger partial charge is 0.242 e. The van der Waals surface area contributed by atoms with Crippen LogP contribution >= 0.6 is 0 Å². The molecule has 7 heteroatoms. The highest BCUT2D eigenvalue weighted by atomic mass is 16.2. The van der Waals surface area contributed by atoms with Crippen LogP contribution in [-0.4, -0.2) is 38.2 Å². The molecule has 0 saturated heterocycles. The van der Waals surface area contributed by atoms with Gasteiger partial charge in [0, 0.05) is 12.1 Å². The van der Waals surface area contributed by atoms with E-state index in [4.69, 9.17) is 5.73 Å². The lowest BCUT2D eigenvalue weighted by Crippen LogP contribution is -2.49. The van der Waals surface area contributed by atoms with Gasteiger partial charge in [0.15, 0.2) is 0 Å². The zero-order valence-electron chi connectivity index (χ0n) is 8.27. The van der Waals surface area contributed by atoms with Gasteiger partial charge in [-0.25, -0.2) is 4.68 Å². The Labute approximate surface area is 81.7 Å². The van der Waals surface area contributed by atoms with Crippen molar-refractivity contribution in [2.75, 3.05) is 6.54 Å². The first-order chi connectivity index (χ1) is 6.53. The number of nitrogens with one attached hydrogen (secondary N) is 1. The first kappa shape index (κ1) is 10.6. The van der Waals surface area contributed by atoms with Crippen LogP contribution in [0.1, 0.15) is 13.8 Å². The highest BCUT2D eigenvalue weighted by Gasteiger charge is 2.18. The largest absolute Gasteiger partial charge is 0.348 e. The Balaban J connectivity index is 2.44. The van der Waals surface area contributed by atoms with Crippen LogP contribution in [0.25, 0.3) is 0 Å². The number of hydrogen-bond donors (Lipinski definition) is 2. The van der Waals surface area contributed by atoms with Crippen LogP contribution in [0.15, 0.2) is 6.33 Å². The predicted molar refractivity (Wildman–Crippen MR) is 49.1 cm³/mol. The second-order valence-corrected chi connectivity index (χ2v) is 3.64. The summed E-state index contributed by atoms with van der Waals surface area (Å²) in [7, 11) is 0. The Morgan fingerprint density at radius 2 is 2.36 bits per heavy atom. The number of aromatic nitrogens is 4. The molecular formula is C7H14N6O. The summed E-state index contributed by atoms with van der Waals surface area (Å²) in [6, 6.07) is 0. The van der Waals surface area contributed by atoms with Gasteiger partial charge in [-0.2, -0.15) is 0 Å². The van der Waals surface area contributed by atoms with Crippen molar-refractivity contribution in [1.29, 1.82) is 0 Å². The Bertz CT molecular complexity index is 293. The second kappa shape index (κ2) is 4.14. The molecule has 7 nitrogen and oxygen atoms in total. The molecule has 0 spiro atoms. The highest BCUT2D eigenvalue weighted by Crippen LogP contribution is 1.97. The van der Waals surface area contributed by atoms with Gasteiger partial charge in [-0.05, 0) is 24.3 Å². The number of hydrogen-bond acceptors (Lipinski definition) is 5. The molecule has 0 bridgehead atoms. The molecule has 3 N–H and O–H groups in total. The van der Waals surface area contributed by atoms with Crippen molar-refractivity contribution >= 4 is 5.91 Å². The fraction of sp³-hybridized carbons (Fsp3) is 0.714. The fourth-order valence-electron chi connectivity index (χ4n) is 0.868. The van der Waals surface area contributed by atoms with Crippen LogP contribution in [0.2, 0.25) is 0 Å². The number of rotatable bonds is 4. The second-order valence-electron chi connectivity index (χ2n) is 3.64. The van der Waals surface area contributed by atoms with Gasteiger partial charge in [0.2, 0.25) is 5.91 Å². The molecule has 1 rings (SSSR count). The number of tetrazole rings is 1. The van der Waals surface area contributed by atoms with E-state index in [2.05, 4.69) is 20.8 Å². The average molecular weight is 198 g/mol. The first-order valence-electron chi connectivity index (χ1n) is 4.25. The molecule has 0 atom stereocenters. The van der Waals surface area contributed by atoms with Crippen LogP contribution in [0, 0.1) is 0 Å². The molecule has 0 unspecified atom stereocenters. The summed E-state index contributed by atoms with van der Waals surface area (Å²) >= 11 is 0. The monoisotopic (exact) mass is 198 g/mol. The summed E-state index contributed by atoms with van der Waals surface area (Å²) in [5.41, 5.74) is 5.07. The Hall–Kier alpha value is -1.50. The summed E-state index contributed by atoms with van der Waals surface area (Å²) in [4.78, 5) is 11.4. The van der Waals surface area contributed by atoms with Gasteiger partial charge in [-0.1, -0.05) is 0 Å². The normalized spacial score (nSPS) is 11.4. The van der Waals surface area contributed by atoms with Gasteiger partial charge in [0.1, 0.15) is 12.9 Å². The van der Waals surface area contributed by atoms with E-state index in [1.807, 2.05) is 13.8 Å². The molecule has 1 aromatic heterocycles. The molecule has 1 aromatic rings. The quantitative estimate of drug-likeness (QED) is 0.615. The molecule has 0 aliphatic heterocycles. The Morgan fingerprint density at radius 1 is 1.64 bits per heavy atom. The summed E-state index contributed by atoms with van der Waals surface area (Å²) < 4.78 is 1.35. The minimum Gasteiger partial charge on any atom is -0.348 e. The first-order valence-corrected chi connectivity index (χ1v) is 4.25. The molecule has 1 heterocycles. The Morgan fingerprint density at radius 3 is 2.86 bits per heavy atom. The van der Waals surface area contributed by atoms with Gasteiger partial charge in [0.05, 0.1) is 0 Å². The maximum Gasteiger partial charge on any atom is 0.242 e. The van der Waals surface area contributed by atoms with Gasteiger partial charge in [-0.3, -0.25) is 4.79 Å². The number of carbonyl (C=O) groups excluding carboxylic acids is 1. The van der Waals surface area contributed by atoms with E-state index in [0.29, 0.717) is 6.54 Å². The number of nitrogens with two attached hydrogens (primary N) is 1. The molecular weight excluding hydrogens is 184 g/mol. The third kappa shape index (κ3) is 3.09. The van der Waals surface area contributed by atoms with Crippen LogP contribution in [0.5, 0.6) is 0 Å². The summed E-state index contributed by atoms with van der Waals surface area (Å²) in [5.74, 6) is -0.159. The zero-order chi connectivity index (χ0) is 10.6. The van der Waals surface area contributed by atoms with Crippen LogP contribution in [0.4, 0.5) is 0 Å². The average Bonchev–Trinajstić information content (AvgIpc) is 2.55. The molecule has 78 valence electrons. The van der Waals surface area contributed by atoms with E-state index < -0.39 is 5.54 Å². The number of nitrogens with zero attached hydrogens (tertiary/aromatic N) is 4. The lowest BCUT2D eigenvalue weighted by Gasteiger charge is -2.23. The lowest BCUT2D eigenvalue weighted by molar-refractivity contribution is -0.123. The molecule has 0 radical (unpaired) electrons. The van der Waals surface area contributed by atoms with Crippen molar-refractivity contribution in [3.05, 3.63) is 6.33 Å². The van der Waals surface area contributed by atoms with Crippen molar-refractivity contribution in [1.82, 2.24) is 25.5 Å². The van der Waals surface area contributed by atoms with E-state index in [1.54, 1.807) is 0 Å². The molecule has 0 saturated carbocycles. The lowest BCUT2D eigenvalue weighted by atomic mass is 10.1. The Kier molecular flexibility index (Phi) is 3.13. The van der Waals surface area contributed by atoms with E-state index in [0.717, 1.165) is 0 Å². The highest BCUT2D eigenvalue weighted by molar-refractivity contribution is 5.76. The van der Waals surface area contributed by atoms with Crippen molar-refractivity contribution in [3.8, 4) is 0 Å². The van der Waals surface area contributed by atoms with Gasteiger partial charge in [0.25, 0.3) is 0 Å². The predicted octanol–water partition coefficient (Wildman–Crippen LogP) is -1.47. The molecule has 0 fully saturated rings. The van der Waals surface area contributed by atoms with E-state index in [1.165, 1.54) is 11.0 Å². The molecule has 1 amide bonds. The molecule has 0 aromatic carbocycles. The molecule has 0 aliphatic rings. The minimum atomic E-state index is -0.398. The third-order valence-electron chi connectivity index (χ3n) is 1.69. The van der Waals surface area contributed by atoms with Gasteiger partial charge >= 0.3 is 0 Å². The van der Waals surface area contributed by atoms with Crippen molar-refractivity contribution in [2.45, 2.75) is 25.9 Å². The van der Waals surface area contributed by atoms with E-state index >= 15 is 0 Å². The van der Waals surface area contributed by atoms with Crippen molar-refractivity contribution in [3.63, 3.8) is 0 Å². The van der Waals surface area contributed by atoms with Crippen LogP contribution in [0.3, 0.4) is 0 Å². The van der Waals surface area contributed by atoms with Crippen LogP contribution < -0.4 is 11.1 Å². The molecule has 0 aliphatic carbocycles. The fourth-order valence-corrected chi connectivity index (χ4v) is 0.868. The number of amides is 1.